The molecule has 0 saturated carbocycles. The Kier molecular flexibility index (Phi) is 4.19. The van der Waals surface area contributed by atoms with Crippen LogP contribution in [0.15, 0.2) is 0 Å². The summed E-state index contributed by atoms with van der Waals surface area (Å²) in [7, 11) is 0. The van der Waals surface area contributed by atoms with Gasteiger partial charge in [0.05, 0.1) is 0 Å². The van der Waals surface area contributed by atoms with Crippen molar-refractivity contribution in [2.24, 2.45) is 0 Å². The van der Waals surface area contributed by atoms with Crippen LogP contribution in [0.1, 0.15) is 13.8 Å². The van der Waals surface area contributed by atoms with Crippen molar-refractivity contribution in [3.05, 3.63) is 0 Å². The summed E-state index contributed by atoms with van der Waals surface area (Å²) in [5, 5.41) is 0. The first kappa shape index (κ1) is 8.18. The van der Waals surface area contributed by atoms with Crippen LogP contribution < -0.4 is 0 Å². The van der Waals surface area contributed by atoms with Gasteiger partial charge >= 0.3 is 0 Å². The van der Waals surface area contributed by atoms with Crippen molar-refractivity contribution in [2.45, 2.75) is 19.6 Å². The second kappa shape index (κ2) is 4.10. The predicted molar refractivity (Wildman–Crippen MR) is 33.7 cm³/mol. The first-order valence-corrected chi connectivity index (χ1v) is 3.18. The van der Waals surface area contributed by atoms with Crippen molar-refractivity contribution >= 4 is 11.6 Å². The van der Waals surface area contributed by atoms with Crippen LogP contribution in [0.25, 0.3) is 0 Å². The maximum absolute atomic E-state index is 12.1. The van der Waals surface area contributed by atoms with Crippen LogP contribution in [0, 0.1) is 0 Å². The Morgan fingerprint density at radius 1 is 1.50 bits per heavy atom. The summed E-state index contributed by atoms with van der Waals surface area (Å²) in [6.45, 7) is 5.08. The van der Waals surface area contributed by atoms with Gasteiger partial charge in [-0.25, -0.2) is 4.39 Å². The highest BCUT2D eigenvalue weighted by atomic mass is 35.5. The van der Waals surface area contributed by atoms with E-state index in [9.17, 15) is 4.39 Å². The van der Waals surface area contributed by atoms with Gasteiger partial charge in [-0.1, -0.05) is 25.4 Å². The van der Waals surface area contributed by atoms with Crippen molar-refractivity contribution in [3.8, 4) is 0 Å². The average molecular weight is 140 g/mol. The molecule has 0 aromatic heterocycles. The molecular weight excluding hydrogens is 129 g/mol. The number of nitrogens with zero attached hydrogens (tertiary/aromatic N) is 1. The van der Waals surface area contributed by atoms with Gasteiger partial charge in [0.2, 0.25) is 5.75 Å². The van der Waals surface area contributed by atoms with Crippen molar-refractivity contribution in [3.63, 3.8) is 0 Å². The van der Waals surface area contributed by atoms with E-state index in [0.29, 0.717) is 13.1 Å². The van der Waals surface area contributed by atoms with Crippen molar-refractivity contribution in [1.82, 2.24) is 4.90 Å². The molecular formula is C5H11ClFN. The monoisotopic (exact) mass is 139 g/mol. The van der Waals surface area contributed by atoms with E-state index >= 15 is 0 Å². The molecule has 0 amide bonds. The Labute approximate surface area is 54.4 Å². The maximum atomic E-state index is 12.1. The van der Waals surface area contributed by atoms with E-state index in [1.807, 2.05) is 13.8 Å². The van der Waals surface area contributed by atoms with Crippen LogP contribution in [0.2, 0.25) is 0 Å². The molecule has 0 fully saturated rings. The minimum absolute atomic E-state index is 0.668. The molecule has 0 aliphatic carbocycles. The Hall–Kier alpha value is 0.180. The molecule has 1 unspecified atom stereocenters. The highest BCUT2D eigenvalue weighted by molar-refractivity contribution is 6.19. The van der Waals surface area contributed by atoms with Gasteiger partial charge < -0.3 is 0 Å². The molecule has 1 nitrogen and oxygen atoms in total. The van der Waals surface area contributed by atoms with Crippen LogP contribution in [0.5, 0.6) is 0 Å². The molecule has 1 atom stereocenters. The third kappa shape index (κ3) is 2.48. The van der Waals surface area contributed by atoms with E-state index in [2.05, 4.69) is 0 Å². The number of alkyl halides is 2. The van der Waals surface area contributed by atoms with Gasteiger partial charge in [-0.15, -0.1) is 0 Å². The molecule has 0 aromatic rings. The topological polar surface area (TPSA) is 3.24 Å². The first-order chi connectivity index (χ1) is 3.72. The van der Waals surface area contributed by atoms with E-state index in [4.69, 9.17) is 11.6 Å². The SMILES string of the molecule is CCN(CC)C(F)Cl. The van der Waals surface area contributed by atoms with Crippen molar-refractivity contribution in [1.29, 1.82) is 0 Å². The van der Waals surface area contributed by atoms with E-state index in [1.165, 1.54) is 4.90 Å². The van der Waals surface area contributed by atoms with Gasteiger partial charge in [-0.2, -0.15) is 0 Å². The zero-order chi connectivity index (χ0) is 6.57. The van der Waals surface area contributed by atoms with Crippen LogP contribution >= 0.6 is 11.6 Å². The molecule has 50 valence electrons. The van der Waals surface area contributed by atoms with Crippen LogP contribution in [-0.4, -0.2) is 23.7 Å². The van der Waals surface area contributed by atoms with E-state index in [-0.39, 0.29) is 0 Å². The maximum Gasteiger partial charge on any atom is 0.228 e. The lowest BCUT2D eigenvalue weighted by Gasteiger charge is -2.16. The first-order valence-electron chi connectivity index (χ1n) is 2.74. The lowest BCUT2D eigenvalue weighted by molar-refractivity contribution is 0.165. The fourth-order valence-electron chi connectivity index (χ4n) is 0.500. The molecule has 0 radical (unpaired) electrons. The smallest absolute Gasteiger partial charge is 0.228 e. The van der Waals surface area contributed by atoms with Crippen molar-refractivity contribution in [2.75, 3.05) is 13.1 Å². The summed E-state index contributed by atoms with van der Waals surface area (Å²) in [5.74, 6) is -1.31. The second-order valence-corrected chi connectivity index (χ2v) is 1.86. The molecule has 0 spiro atoms. The summed E-state index contributed by atoms with van der Waals surface area (Å²) in [6.07, 6.45) is 0. The number of rotatable bonds is 3. The Balaban J connectivity index is 3.35. The van der Waals surface area contributed by atoms with Gasteiger partial charge in [0.1, 0.15) is 0 Å². The zero-order valence-electron chi connectivity index (χ0n) is 5.19. The zero-order valence-corrected chi connectivity index (χ0v) is 5.95. The van der Waals surface area contributed by atoms with Gasteiger partial charge in [0.15, 0.2) is 0 Å². The lowest BCUT2D eigenvalue weighted by atomic mass is 10.6. The predicted octanol–water partition coefficient (Wildman–Crippen LogP) is 1.82. The Morgan fingerprint density at radius 2 is 1.88 bits per heavy atom. The molecule has 8 heavy (non-hydrogen) atoms. The molecule has 0 aliphatic heterocycles. The van der Waals surface area contributed by atoms with Crippen molar-refractivity contribution < 1.29 is 4.39 Å². The quantitative estimate of drug-likeness (QED) is 0.426. The molecule has 0 aliphatic rings. The van der Waals surface area contributed by atoms with Gasteiger partial charge in [0, 0.05) is 0 Å². The summed E-state index contributed by atoms with van der Waals surface area (Å²) in [5.41, 5.74) is 0. The summed E-state index contributed by atoms with van der Waals surface area (Å²) >= 11 is 5.10. The molecule has 0 bridgehead atoms. The summed E-state index contributed by atoms with van der Waals surface area (Å²) in [4.78, 5) is 1.52. The average Bonchev–Trinajstić information content (AvgIpc) is 1.69. The van der Waals surface area contributed by atoms with Crippen LogP contribution in [-0.2, 0) is 0 Å². The Bertz CT molecular complexity index is 54.4. The largest absolute Gasteiger partial charge is 0.262 e. The third-order valence-corrected chi connectivity index (χ3v) is 1.36. The number of hydrogen-bond acceptors (Lipinski definition) is 1. The highest BCUT2D eigenvalue weighted by Gasteiger charge is 2.07. The number of hydrogen-bond donors (Lipinski definition) is 0. The minimum atomic E-state index is -1.31. The molecule has 0 heterocycles. The standard InChI is InChI=1S/C5H11ClFN/c1-3-8(4-2)5(6)7/h5H,3-4H2,1-2H3. The van der Waals surface area contributed by atoms with Crippen LogP contribution in [0.4, 0.5) is 4.39 Å². The number of halogens is 2. The Morgan fingerprint density at radius 3 is 1.88 bits per heavy atom. The van der Waals surface area contributed by atoms with E-state index in [1.54, 1.807) is 0 Å². The third-order valence-electron chi connectivity index (χ3n) is 1.09. The van der Waals surface area contributed by atoms with Gasteiger partial charge in [-0.3, -0.25) is 4.90 Å². The fraction of sp³-hybridized carbons (Fsp3) is 1.00. The van der Waals surface area contributed by atoms with E-state index < -0.39 is 5.75 Å². The summed E-state index contributed by atoms with van der Waals surface area (Å²) in [6, 6.07) is 0. The molecule has 0 aromatic carbocycles. The molecule has 0 rings (SSSR count). The van der Waals surface area contributed by atoms with Gasteiger partial charge in [-0.05, 0) is 13.1 Å². The van der Waals surface area contributed by atoms with Crippen LogP contribution in [0.3, 0.4) is 0 Å². The van der Waals surface area contributed by atoms with Gasteiger partial charge in [0.25, 0.3) is 0 Å². The fourth-order valence-corrected chi connectivity index (χ4v) is 0.776. The summed E-state index contributed by atoms with van der Waals surface area (Å²) < 4.78 is 12.1. The minimum Gasteiger partial charge on any atom is -0.262 e. The highest BCUT2D eigenvalue weighted by Crippen LogP contribution is 2.03. The molecule has 0 N–H and O–H groups in total. The van der Waals surface area contributed by atoms with E-state index in [0.717, 1.165) is 0 Å². The second-order valence-electron chi connectivity index (χ2n) is 1.50. The lowest BCUT2D eigenvalue weighted by Crippen LogP contribution is -2.27. The normalized spacial score (nSPS) is 14.6. The molecule has 0 saturated heterocycles. The molecule has 3 heteroatoms.